The minimum atomic E-state index is -0.948. The average Bonchev–Trinajstić information content (AvgIpc) is 3.45. The van der Waals surface area contributed by atoms with Gasteiger partial charge in [0.05, 0.1) is 33.3 Å². The number of ether oxygens (including phenoxy) is 1. The molecule has 4 aromatic rings. The smallest absolute Gasteiger partial charge is 0.324 e. The van der Waals surface area contributed by atoms with Crippen molar-refractivity contribution in [1.29, 1.82) is 0 Å². The molecule has 45 heavy (non-hydrogen) atoms. The van der Waals surface area contributed by atoms with Crippen LogP contribution in [0.1, 0.15) is 41.4 Å². The summed E-state index contributed by atoms with van der Waals surface area (Å²) in [7, 11) is 0. The number of aryl methyl sites for hydroxylation is 1. The van der Waals surface area contributed by atoms with Crippen molar-refractivity contribution in [2.24, 2.45) is 10.7 Å². The standard InChI is InChI=1S/C32H29Cl2N7O4/c1-18(2)23-16-26(41(39-23)20-10-8-19(3)9-11-20)38-32(44)37-22-12-13-25(30(34)29(22)33)45-28-14-15-36-27(17-42)40(28)24-7-5-4-6-21(24)31(35)43/h4-18,28H,1-3H3,(H2,35,43)(H2,37,38,44). The molecule has 13 heteroatoms. The largest absolute Gasteiger partial charge is 0.465 e. The van der Waals surface area contributed by atoms with E-state index in [9.17, 15) is 14.4 Å². The van der Waals surface area contributed by atoms with E-state index in [2.05, 4.69) is 20.7 Å². The van der Waals surface area contributed by atoms with Crippen LogP contribution in [0.15, 0.2) is 84.0 Å². The Hall–Kier alpha value is -5.13. The number of rotatable bonds is 9. The van der Waals surface area contributed by atoms with Gasteiger partial charge in [-0.1, -0.05) is 66.9 Å². The number of hydrogen-bond acceptors (Lipinski definition) is 7. The van der Waals surface area contributed by atoms with E-state index in [-0.39, 0.29) is 38.8 Å². The number of aldehydes is 1. The van der Waals surface area contributed by atoms with Crippen molar-refractivity contribution in [2.45, 2.75) is 32.9 Å². The lowest BCUT2D eigenvalue weighted by atomic mass is 10.1. The van der Waals surface area contributed by atoms with E-state index in [0.29, 0.717) is 17.8 Å². The van der Waals surface area contributed by atoms with Gasteiger partial charge in [-0.25, -0.2) is 14.5 Å². The quantitative estimate of drug-likeness (QED) is 0.173. The Morgan fingerprint density at radius 1 is 1.02 bits per heavy atom. The van der Waals surface area contributed by atoms with Gasteiger partial charge in [0.15, 0.2) is 18.3 Å². The summed E-state index contributed by atoms with van der Waals surface area (Å²) in [6, 6.07) is 18.5. The summed E-state index contributed by atoms with van der Waals surface area (Å²) in [5.41, 5.74) is 8.97. The van der Waals surface area contributed by atoms with Gasteiger partial charge in [-0.2, -0.15) is 5.10 Å². The van der Waals surface area contributed by atoms with Gasteiger partial charge in [0, 0.05) is 12.3 Å². The van der Waals surface area contributed by atoms with E-state index in [4.69, 9.17) is 33.7 Å². The summed E-state index contributed by atoms with van der Waals surface area (Å²) in [5, 5.41) is 10.3. The molecule has 0 bridgehead atoms. The van der Waals surface area contributed by atoms with Crippen molar-refractivity contribution in [2.75, 3.05) is 15.5 Å². The number of aliphatic imine (C=N–C) groups is 1. The van der Waals surface area contributed by atoms with Crippen molar-refractivity contribution in [3.63, 3.8) is 0 Å². The first kappa shape index (κ1) is 31.3. The van der Waals surface area contributed by atoms with Crippen LogP contribution in [0.4, 0.5) is 22.0 Å². The Morgan fingerprint density at radius 3 is 2.44 bits per heavy atom. The fourth-order valence-corrected chi connectivity index (χ4v) is 4.99. The molecule has 2 heterocycles. The number of amides is 3. The molecule has 0 aliphatic carbocycles. The first-order valence-electron chi connectivity index (χ1n) is 13.8. The summed E-state index contributed by atoms with van der Waals surface area (Å²) in [5.74, 6) is 0.0413. The van der Waals surface area contributed by atoms with Gasteiger partial charge in [0.1, 0.15) is 16.6 Å². The predicted molar refractivity (Wildman–Crippen MR) is 176 cm³/mol. The zero-order valence-corrected chi connectivity index (χ0v) is 26.0. The molecular formula is C32H29Cl2N7O4. The zero-order valence-electron chi connectivity index (χ0n) is 24.5. The Morgan fingerprint density at radius 2 is 1.76 bits per heavy atom. The molecular weight excluding hydrogens is 617 g/mol. The molecule has 4 N–H and O–H groups in total. The number of halogens is 2. The number of carbonyl (C=O) groups is 3. The van der Waals surface area contributed by atoms with Gasteiger partial charge in [-0.3, -0.25) is 19.8 Å². The molecule has 1 atom stereocenters. The number of carbonyl (C=O) groups excluding carboxylic acids is 3. The maximum absolute atomic E-state index is 13.1. The van der Waals surface area contributed by atoms with Crippen molar-refractivity contribution < 1.29 is 19.1 Å². The van der Waals surface area contributed by atoms with Crippen LogP contribution >= 0.6 is 23.2 Å². The van der Waals surface area contributed by atoms with Crippen molar-refractivity contribution in [3.05, 3.63) is 106 Å². The zero-order chi connectivity index (χ0) is 32.2. The number of aromatic nitrogens is 2. The van der Waals surface area contributed by atoms with E-state index >= 15 is 0 Å². The van der Waals surface area contributed by atoms with Gasteiger partial charge >= 0.3 is 6.03 Å². The fraction of sp³-hybridized carbons (Fsp3) is 0.156. The van der Waals surface area contributed by atoms with Gasteiger partial charge in [0.2, 0.25) is 0 Å². The second kappa shape index (κ2) is 13.2. The normalized spacial score (nSPS) is 14.2. The highest BCUT2D eigenvalue weighted by Crippen LogP contribution is 2.39. The lowest BCUT2D eigenvalue weighted by molar-refractivity contribution is -0.102. The second-order valence-electron chi connectivity index (χ2n) is 10.4. The molecule has 0 saturated heterocycles. The molecule has 1 unspecified atom stereocenters. The summed E-state index contributed by atoms with van der Waals surface area (Å²) in [6.45, 7) is 6.02. The average molecular weight is 647 g/mol. The van der Waals surface area contributed by atoms with Crippen LogP contribution in [0.25, 0.3) is 5.69 Å². The number of nitrogens with zero attached hydrogens (tertiary/aromatic N) is 4. The van der Waals surface area contributed by atoms with Crippen molar-refractivity contribution in [3.8, 4) is 11.4 Å². The number of nitrogens with one attached hydrogen (secondary N) is 2. The van der Waals surface area contributed by atoms with E-state index < -0.39 is 18.2 Å². The number of para-hydroxylation sites is 1. The molecule has 1 aromatic heterocycles. The minimum absolute atomic E-state index is 0.00737. The Balaban J connectivity index is 1.37. The van der Waals surface area contributed by atoms with Gasteiger partial charge < -0.3 is 15.8 Å². The Bertz CT molecular complexity index is 1830. The molecule has 0 radical (unpaired) electrons. The first-order valence-corrected chi connectivity index (χ1v) is 14.6. The third-order valence-electron chi connectivity index (χ3n) is 6.88. The molecule has 1 aliphatic heterocycles. The number of anilines is 3. The number of urea groups is 1. The molecule has 0 spiro atoms. The van der Waals surface area contributed by atoms with E-state index in [1.54, 1.807) is 29.0 Å². The Kier molecular flexibility index (Phi) is 9.21. The molecule has 230 valence electrons. The number of benzene rings is 3. The Labute approximate surface area is 269 Å². The SMILES string of the molecule is Cc1ccc(-n2nc(C(C)C)cc2NC(=O)Nc2ccc(OC3C=CN=C(C=O)N3c3ccccc3C(N)=O)c(Cl)c2Cl)cc1. The fourth-order valence-electron chi connectivity index (χ4n) is 4.58. The molecule has 3 amide bonds. The highest BCUT2D eigenvalue weighted by Gasteiger charge is 2.29. The van der Waals surface area contributed by atoms with Crippen LogP contribution < -0.4 is 26.0 Å². The summed E-state index contributed by atoms with van der Waals surface area (Å²) in [6.07, 6.45) is 2.56. The maximum atomic E-state index is 13.1. The molecule has 3 aromatic carbocycles. The van der Waals surface area contributed by atoms with Crippen molar-refractivity contribution >= 4 is 64.5 Å². The summed E-state index contributed by atoms with van der Waals surface area (Å²) >= 11 is 13.2. The molecule has 11 nitrogen and oxygen atoms in total. The molecule has 0 saturated carbocycles. The molecule has 5 rings (SSSR count). The lowest BCUT2D eigenvalue weighted by Crippen LogP contribution is -2.46. The van der Waals surface area contributed by atoms with Crippen LogP contribution in [0.3, 0.4) is 0 Å². The highest BCUT2D eigenvalue weighted by atomic mass is 35.5. The number of amidine groups is 1. The third-order valence-corrected chi connectivity index (χ3v) is 7.74. The first-order chi connectivity index (χ1) is 21.6. The molecule has 0 fully saturated rings. The van der Waals surface area contributed by atoms with Crippen LogP contribution in [0, 0.1) is 6.92 Å². The monoisotopic (exact) mass is 645 g/mol. The summed E-state index contributed by atoms with van der Waals surface area (Å²) in [4.78, 5) is 42.7. The van der Waals surface area contributed by atoms with Gasteiger partial charge in [-0.05, 0) is 55.3 Å². The number of nitrogens with two attached hydrogens (primary N) is 1. The van der Waals surface area contributed by atoms with Crippen LogP contribution in [-0.2, 0) is 4.79 Å². The minimum Gasteiger partial charge on any atom is -0.465 e. The second-order valence-corrected chi connectivity index (χ2v) is 11.1. The maximum Gasteiger partial charge on any atom is 0.324 e. The van der Waals surface area contributed by atoms with Crippen LogP contribution in [0.2, 0.25) is 10.0 Å². The van der Waals surface area contributed by atoms with E-state index in [0.717, 1.165) is 16.9 Å². The van der Waals surface area contributed by atoms with Gasteiger partial charge in [-0.15, -0.1) is 0 Å². The third kappa shape index (κ3) is 6.69. The van der Waals surface area contributed by atoms with Crippen LogP contribution in [-0.4, -0.2) is 40.1 Å². The summed E-state index contributed by atoms with van der Waals surface area (Å²) < 4.78 is 7.81. The van der Waals surface area contributed by atoms with Gasteiger partial charge in [0.25, 0.3) is 5.91 Å². The molecule has 1 aliphatic rings. The topological polar surface area (TPSA) is 144 Å². The highest BCUT2D eigenvalue weighted by molar-refractivity contribution is 6.45. The number of primary amides is 1. The van der Waals surface area contributed by atoms with E-state index in [1.165, 1.54) is 29.3 Å². The van der Waals surface area contributed by atoms with Crippen molar-refractivity contribution in [1.82, 2.24) is 9.78 Å². The van der Waals surface area contributed by atoms with E-state index in [1.807, 2.05) is 51.1 Å². The number of hydrogen-bond donors (Lipinski definition) is 3. The lowest BCUT2D eigenvalue weighted by Gasteiger charge is -2.33. The van der Waals surface area contributed by atoms with Crippen LogP contribution in [0.5, 0.6) is 5.75 Å². The predicted octanol–water partition coefficient (Wildman–Crippen LogP) is 6.69.